The fraction of sp³-hybridized carbons (Fsp3) is 0.423. The molecule has 0 aliphatic carbocycles. The quantitative estimate of drug-likeness (QED) is 0.285. The predicted octanol–water partition coefficient (Wildman–Crippen LogP) is 6.82. The van der Waals surface area contributed by atoms with E-state index in [2.05, 4.69) is 75.2 Å². The van der Waals surface area contributed by atoms with Crippen LogP contribution >= 0.6 is 11.6 Å². The molecule has 36 heavy (non-hydrogen) atoms. The lowest BCUT2D eigenvalue weighted by atomic mass is 9.85. The van der Waals surface area contributed by atoms with Crippen LogP contribution < -0.4 is 10.6 Å². The molecule has 7 nitrogen and oxygen atoms in total. The Morgan fingerprint density at radius 3 is 2.56 bits per heavy atom. The molecule has 192 valence electrons. The second-order valence-electron chi connectivity index (χ2n) is 9.73. The first-order valence-corrected chi connectivity index (χ1v) is 12.4. The van der Waals surface area contributed by atoms with Crippen molar-refractivity contribution in [3.63, 3.8) is 0 Å². The van der Waals surface area contributed by atoms with Crippen molar-refractivity contribution in [3.05, 3.63) is 64.0 Å². The first kappa shape index (κ1) is 26.0. The van der Waals surface area contributed by atoms with Crippen molar-refractivity contribution in [2.45, 2.75) is 52.4 Å². The van der Waals surface area contributed by atoms with Gasteiger partial charge in [0.1, 0.15) is 10.7 Å². The summed E-state index contributed by atoms with van der Waals surface area (Å²) in [4.78, 5) is 11.2. The Balaban J connectivity index is 1.47. The number of nitrogens with one attached hydrogen (secondary N) is 3. The van der Waals surface area contributed by atoms with E-state index in [4.69, 9.17) is 11.6 Å². The van der Waals surface area contributed by atoms with Gasteiger partial charge in [0.15, 0.2) is 11.6 Å². The number of aromatic nitrogens is 4. The van der Waals surface area contributed by atoms with Crippen LogP contribution in [-0.2, 0) is 5.92 Å². The average molecular weight is 516 g/mol. The fourth-order valence-corrected chi connectivity index (χ4v) is 4.70. The van der Waals surface area contributed by atoms with Gasteiger partial charge >= 0.3 is 0 Å². The average Bonchev–Trinajstić information content (AvgIpc) is 3.28. The molecule has 4 rings (SSSR count). The van der Waals surface area contributed by atoms with Crippen LogP contribution in [0, 0.1) is 13.8 Å². The summed E-state index contributed by atoms with van der Waals surface area (Å²) in [7, 11) is 0. The van der Waals surface area contributed by atoms with Crippen LogP contribution in [0.25, 0.3) is 0 Å². The third kappa shape index (κ3) is 6.20. The van der Waals surface area contributed by atoms with E-state index in [0.29, 0.717) is 11.9 Å². The SMILES string of the molecule is C=C(C)CN1CCC(c2cc(C)c(Nc3ncc(Cl)c(Nc4cc(C(C)(F)F)[nH]n4)n3)cc2C)CC1. The number of likely N-dealkylation sites (tertiary alicyclic amines) is 1. The van der Waals surface area contributed by atoms with E-state index in [9.17, 15) is 8.78 Å². The second-order valence-corrected chi connectivity index (χ2v) is 10.1. The van der Waals surface area contributed by atoms with Crippen molar-refractivity contribution in [2.75, 3.05) is 30.3 Å². The monoisotopic (exact) mass is 515 g/mol. The molecule has 1 fully saturated rings. The standard InChI is InChI=1S/C26H32ClF2N7/c1-15(2)14-36-8-6-18(7-9-36)19-10-17(4)21(11-16(19)3)31-25-30-13-20(27)24(33-25)32-23-12-22(34-35-23)26(5,28)29/h10-13,18H,1,6-9,14H2,2-5H3,(H3,30,31,32,33,34,35). The molecular formula is C26H32ClF2N7. The first-order valence-electron chi connectivity index (χ1n) is 12.0. The van der Waals surface area contributed by atoms with Crippen LogP contribution in [0.4, 0.5) is 32.1 Å². The van der Waals surface area contributed by atoms with Crippen molar-refractivity contribution >= 4 is 34.9 Å². The molecule has 1 saturated heterocycles. The van der Waals surface area contributed by atoms with Crippen LogP contribution in [0.15, 0.2) is 36.5 Å². The van der Waals surface area contributed by atoms with Gasteiger partial charge in [0.05, 0.1) is 6.20 Å². The van der Waals surface area contributed by atoms with Gasteiger partial charge in [-0.15, -0.1) is 0 Å². The normalized spacial score (nSPS) is 15.2. The smallest absolute Gasteiger partial charge is 0.286 e. The highest BCUT2D eigenvalue weighted by Crippen LogP contribution is 2.34. The molecule has 0 amide bonds. The summed E-state index contributed by atoms with van der Waals surface area (Å²) in [6.45, 7) is 14.2. The number of hydrogen-bond donors (Lipinski definition) is 3. The van der Waals surface area contributed by atoms with E-state index < -0.39 is 5.92 Å². The zero-order valence-electron chi connectivity index (χ0n) is 21.1. The molecule has 0 atom stereocenters. The van der Waals surface area contributed by atoms with Crippen LogP contribution in [0.5, 0.6) is 0 Å². The fourth-order valence-electron chi connectivity index (χ4n) is 4.56. The van der Waals surface area contributed by atoms with Crippen LogP contribution in [0.1, 0.15) is 55.0 Å². The van der Waals surface area contributed by atoms with Gasteiger partial charge in [0.2, 0.25) is 5.95 Å². The maximum atomic E-state index is 13.5. The Morgan fingerprint density at radius 1 is 1.19 bits per heavy atom. The number of hydrogen-bond acceptors (Lipinski definition) is 6. The summed E-state index contributed by atoms with van der Waals surface area (Å²) in [5, 5.41) is 12.6. The molecule has 0 spiro atoms. The minimum atomic E-state index is -3.03. The molecular weight excluding hydrogens is 484 g/mol. The number of nitrogens with zero attached hydrogens (tertiary/aromatic N) is 4. The van der Waals surface area contributed by atoms with Crippen molar-refractivity contribution in [2.24, 2.45) is 0 Å². The van der Waals surface area contributed by atoms with Gasteiger partial charge in [-0.2, -0.15) is 18.9 Å². The molecule has 0 saturated carbocycles. The van der Waals surface area contributed by atoms with E-state index in [1.54, 1.807) is 0 Å². The van der Waals surface area contributed by atoms with Crippen molar-refractivity contribution in [3.8, 4) is 0 Å². The third-order valence-corrected chi connectivity index (χ3v) is 6.70. The van der Waals surface area contributed by atoms with E-state index in [0.717, 1.165) is 50.7 Å². The first-order chi connectivity index (χ1) is 17.0. The van der Waals surface area contributed by atoms with Gasteiger partial charge in [0, 0.05) is 25.2 Å². The number of rotatable bonds is 8. The van der Waals surface area contributed by atoms with Gasteiger partial charge in [-0.25, -0.2) is 4.98 Å². The summed E-state index contributed by atoms with van der Waals surface area (Å²) in [6.07, 6.45) is 3.72. The molecule has 2 aromatic heterocycles. The third-order valence-electron chi connectivity index (χ3n) is 6.42. The Bertz CT molecular complexity index is 1240. The lowest BCUT2D eigenvalue weighted by Crippen LogP contribution is -2.34. The molecule has 1 aromatic carbocycles. The molecule has 3 heterocycles. The number of benzene rings is 1. The summed E-state index contributed by atoms with van der Waals surface area (Å²) in [6, 6.07) is 5.60. The zero-order valence-corrected chi connectivity index (χ0v) is 21.8. The number of aryl methyl sites for hydroxylation is 2. The number of anilines is 4. The van der Waals surface area contributed by atoms with Crippen LogP contribution in [-0.4, -0.2) is 44.7 Å². The van der Waals surface area contributed by atoms with Crippen molar-refractivity contribution < 1.29 is 8.78 Å². The molecule has 1 aliphatic heterocycles. The summed E-state index contributed by atoms with van der Waals surface area (Å²) < 4.78 is 27.0. The molecule has 3 aromatic rings. The van der Waals surface area contributed by atoms with E-state index in [1.165, 1.54) is 29.0 Å². The number of H-pyrrole nitrogens is 1. The molecule has 0 bridgehead atoms. The maximum absolute atomic E-state index is 13.5. The lowest BCUT2D eigenvalue weighted by molar-refractivity contribution is 0.0127. The second kappa shape index (κ2) is 10.5. The largest absolute Gasteiger partial charge is 0.324 e. The molecule has 0 unspecified atom stereocenters. The van der Waals surface area contributed by atoms with Crippen molar-refractivity contribution in [1.29, 1.82) is 0 Å². The summed E-state index contributed by atoms with van der Waals surface area (Å²) in [5.74, 6) is -1.71. The van der Waals surface area contributed by atoms with Gasteiger partial charge < -0.3 is 10.6 Å². The number of aromatic amines is 1. The Labute approximate surface area is 215 Å². The van der Waals surface area contributed by atoms with Gasteiger partial charge in [-0.05, 0) is 75.4 Å². The van der Waals surface area contributed by atoms with Crippen LogP contribution in [0.3, 0.4) is 0 Å². The minimum Gasteiger partial charge on any atom is -0.324 e. The highest BCUT2D eigenvalue weighted by Gasteiger charge is 2.27. The Hall–Kier alpha value is -3.04. The van der Waals surface area contributed by atoms with E-state index >= 15 is 0 Å². The van der Waals surface area contributed by atoms with Crippen molar-refractivity contribution in [1.82, 2.24) is 25.1 Å². The van der Waals surface area contributed by atoms with Gasteiger partial charge in [0.25, 0.3) is 5.92 Å². The van der Waals surface area contributed by atoms with Gasteiger partial charge in [-0.1, -0.05) is 29.8 Å². The van der Waals surface area contributed by atoms with Gasteiger partial charge in [-0.3, -0.25) is 10.00 Å². The molecule has 0 radical (unpaired) electrons. The molecule has 3 N–H and O–H groups in total. The zero-order chi connectivity index (χ0) is 26.0. The Kier molecular flexibility index (Phi) is 7.61. The number of piperidine rings is 1. The predicted molar refractivity (Wildman–Crippen MR) is 141 cm³/mol. The highest BCUT2D eigenvalue weighted by molar-refractivity contribution is 6.32. The minimum absolute atomic E-state index is 0.184. The lowest BCUT2D eigenvalue weighted by Gasteiger charge is -2.33. The number of halogens is 3. The Morgan fingerprint density at radius 2 is 1.92 bits per heavy atom. The summed E-state index contributed by atoms with van der Waals surface area (Å²) >= 11 is 6.24. The van der Waals surface area contributed by atoms with Crippen LogP contribution in [0.2, 0.25) is 5.02 Å². The summed E-state index contributed by atoms with van der Waals surface area (Å²) in [5.41, 5.74) is 5.50. The molecule has 1 aliphatic rings. The number of alkyl halides is 2. The topological polar surface area (TPSA) is 81.8 Å². The highest BCUT2D eigenvalue weighted by atomic mass is 35.5. The van der Waals surface area contributed by atoms with E-state index in [-0.39, 0.29) is 22.4 Å². The van der Waals surface area contributed by atoms with E-state index in [1.807, 2.05) is 0 Å². The molecule has 10 heteroatoms. The maximum Gasteiger partial charge on any atom is 0.286 e.